The molecule has 0 N–H and O–H groups in total. The van der Waals surface area contributed by atoms with Crippen molar-refractivity contribution in [3.8, 4) is 5.75 Å². The second-order valence-electron chi connectivity index (χ2n) is 5.90. The maximum absolute atomic E-state index is 11.3. The van der Waals surface area contributed by atoms with Crippen LogP contribution in [0.3, 0.4) is 0 Å². The third kappa shape index (κ3) is 2.95. The maximum atomic E-state index is 11.3. The number of hydrogen-bond acceptors (Lipinski definition) is 5. The van der Waals surface area contributed by atoms with Gasteiger partial charge in [-0.1, -0.05) is 30.3 Å². The molecule has 24 heavy (non-hydrogen) atoms. The van der Waals surface area contributed by atoms with Gasteiger partial charge in [-0.2, -0.15) is 0 Å². The average Bonchev–Trinajstić information content (AvgIpc) is 3.05. The highest BCUT2D eigenvalue weighted by Crippen LogP contribution is 2.44. The van der Waals surface area contributed by atoms with E-state index in [9.17, 15) is 20.0 Å². The molecule has 1 aliphatic rings. The highest BCUT2D eigenvalue weighted by molar-refractivity contribution is 5.87. The molecule has 3 rings (SSSR count). The molecule has 0 amide bonds. The van der Waals surface area contributed by atoms with Crippen LogP contribution in [-0.2, 0) is 5.60 Å². The number of carbonyl (C=O) groups is 1. The van der Waals surface area contributed by atoms with E-state index in [1.54, 1.807) is 0 Å². The summed E-state index contributed by atoms with van der Waals surface area (Å²) in [7, 11) is 0. The fourth-order valence-corrected chi connectivity index (χ4v) is 3.22. The van der Waals surface area contributed by atoms with Crippen LogP contribution in [0.15, 0.2) is 48.5 Å². The quantitative estimate of drug-likeness (QED) is 0.622. The number of aromatic carboxylic acids is 1. The molecular weight excluding hydrogens is 310 g/mol. The van der Waals surface area contributed by atoms with Crippen LogP contribution in [0.2, 0.25) is 0 Å². The van der Waals surface area contributed by atoms with Crippen LogP contribution in [0.4, 0.5) is 5.69 Å². The number of hydrogen-bond donors (Lipinski definition) is 0. The Balaban J connectivity index is 2.06. The number of carboxylic acids is 1. The number of ether oxygens (including phenoxy) is 1. The molecule has 0 saturated heterocycles. The predicted molar refractivity (Wildman–Crippen MR) is 84.6 cm³/mol. The third-order valence-corrected chi connectivity index (χ3v) is 4.41. The van der Waals surface area contributed by atoms with Crippen molar-refractivity contribution in [1.29, 1.82) is 0 Å². The zero-order valence-corrected chi connectivity index (χ0v) is 12.9. The van der Waals surface area contributed by atoms with Crippen LogP contribution < -0.4 is 9.84 Å². The largest absolute Gasteiger partial charge is 0.545 e. The number of benzene rings is 2. The van der Waals surface area contributed by atoms with Crippen molar-refractivity contribution in [2.24, 2.45) is 0 Å². The lowest BCUT2D eigenvalue weighted by Crippen LogP contribution is -2.30. The number of nitro benzene ring substituents is 1. The fourth-order valence-electron chi connectivity index (χ4n) is 3.22. The fraction of sp³-hybridized carbons (Fsp3) is 0.278. The maximum Gasteiger partial charge on any atom is 0.311 e. The minimum absolute atomic E-state index is 0.0348. The van der Waals surface area contributed by atoms with E-state index in [0.717, 1.165) is 43.4 Å². The van der Waals surface area contributed by atoms with Gasteiger partial charge in [0.2, 0.25) is 0 Å². The number of carbonyl (C=O) groups excluding carboxylic acids is 1. The molecule has 0 atom stereocenters. The van der Waals surface area contributed by atoms with Gasteiger partial charge in [0, 0.05) is 11.6 Å². The van der Waals surface area contributed by atoms with Crippen LogP contribution in [0.5, 0.6) is 5.75 Å². The van der Waals surface area contributed by atoms with Gasteiger partial charge in [-0.05, 0) is 43.4 Å². The first kappa shape index (κ1) is 16.0. The summed E-state index contributed by atoms with van der Waals surface area (Å²) in [5.74, 6) is -1.43. The highest BCUT2D eigenvalue weighted by atomic mass is 16.6. The summed E-state index contributed by atoms with van der Waals surface area (Å²) in [6.45, 7) is 0. The normalized spacial score (nSPS) is 15.8. The second-order valence-corrected chi connectivity index (χ2v) is 5.90. The lowest BCUT2D eigenvalue weighted by molar-refractivity contribution is -0.386. The Labute approximate surface area is 138 Å². The predicted octanol–water partition coefficient (Wildman–Crippen LogP) is 2.81. The van der Waals surface area contributed by atoms with E-state index in [1.165, 1.54) is 6.07 Å². The number of nitrogens with zero attached hydrogens (tertiary/aromatic N) is 1. The first-order valence-electron chi connectivity index (χ1n) is 7.76. The van der Waals surface area contributed by atoms with Crippen LogP contribution >= 0.6 is 0 Å². The van der Waals surface area contributed by atoms with E-state index < -0.39 is 16.5 Å². The number of rotatable bonds is 5. The lowest BCUT2D eigenvalue weighted by Gasteiger charge is -2.31. The topological polar surface area (TPSA) is 92.5 Å². The first-order chi connectivity index (χ1) is 11.5. The summed E-state index contributed by atoms with van der Waals surface area (Å²) in [4.78, 5) is 21.8. The van der Waals surface area contributed by atoms with Gasteiger partial charge >= 0.3 is 5.69 Å². The molecule has 0 unspecified atom stereocenters. The van der Waals surface area contributed by atoms with Crippen LogP contribution in [0.25, 0.3) is 0 Å². The van der Waals surface area contributed by atoms with Gasteiger partial charge in [-0.3, -0.25) is 10.1 Å². The average molecular weight is 326 g/mol. The van der Waals surface area contributed by atoms with Crippen molar-refractivity contribution in [3.05, 3.63) is 69.8 Å². The molecule has 6 heteroatoms. The molecule has 1 saturated carbocycles. The second kappa shape index (κ2) is 6.31. The molecule has 0 heterocycles. The van der Waals surface area contributed by atoms with Gasteiger partial charge in [0.1, 0.15) is 5.60 Å². The Bertz CT molecular complexity index is 766. The molecule has 2 aromatic rings. The molecule has 1 fully saturated rings. The van der Waals surface area contributed by atoms with Crippen molar-refractivity contribution in [3.63, 3.8) is 0 Å². The van der Waals surface area contributed by atoms with Crippen molar-refractivity contribution in [2.75, 3.05) is 0 Å². The van der Waals surface area contributed by atoms with Crippen LogP contribution in [0.1, 0.15) is 41.6 Å². The van der Waals surface area contributed by atoms with E-state index in [0.29, 0.717) is 0 Å². The smallest absolute Gasteiger partial charge is 0.311 e. The SMILES string of the molecule is O=C([O-])c1ccc([N+](=O)[O-])c(OC2(c3ccccc3)CCCC2)c1. The van der Waals surface area contributed by atoms with Crippen LogP contribution in [0, 0.1) is 10.1 Å². The Kier molecular flexibility index (Phi) is 4.20. The highest BCUT2D eigenvalue weighted by Gasteiger charge is 2.39. The molecule has 1 aliphatic carbocycles. The molecule has 2 aromatic carbocycles. The van der Waals surface area contributed by atoms with Gasteiger partial charge < -0.3 is 14.6 Å². The molecular formula is C18H16NO5-. The Morgan fingerprint density at radius 2 is 1.75 bits per heavy atom. The van der Waals surface area contributed by atoms with Crippen LogP contribution in [-0.4, -0.2) is 10.9 Å². The summed E-state index contributed by atoms with van der Waals surface area (Å²) < 4.78 is 6.10. The van der Waals surface area contributed by atoms with E-state index in [2.05, 4.69) is 0 Å². The third-order valence-electron chi connectivity index (χ3n) is 4.41. The number of nitro groups is 1. The Hall–Kier alpha value is -2.89. The molecule has 6 nitrogen and oxygen atoms in total. The first-order valence-corrected chi connectivity index (χ1v) is 7.76. The standard InChI is InChI=1S/C18H17NO5/c20-17(21)13-8-9-15(19(22)23)16(12-13)24-18(10-4-5-11-18)14-6-2-1-3-7-14/h1-3,6-9,12H,4-5,10-11H2,(H,20,21)/p-1. The van der Waals surface area contributed by atoms with Gasteiger partial charge in [-0.15, -0.1) is 0 Å². The molecule has 0 aromatic heterocycles. The molecule has 124 valence electrons. The summed E-state index contributed by atoms with van der Waals surface area (Å²) in [6.07, 6.45) is 3.35. The number of carboxylic acid groups (broad SMARTS) is 1. The molecule has 0 spiro atoms. The Morgan fingerprint density at radius 1 is 1.08 bits per heavy atom. The van der Waals surface area contributed by atoms with E-state index >= 15 is 0 Å². The van der Waals surface area contributed by atoms with Crippen molar-refractivity contribution < 1.29 is 19.6 Å². The minimum atomic E-state index is -1.39. The van der Waals surface area contributed by atoms with E-state index in [1.807, 2.05) is 30.3 Å². The monoisotopic (exact) mass is 326 g/mol. The Morgan fingerprint density at radius 3 is 2.33 bits per heavy atom. The van der Waals surface area contributed by atoms with Gasteiger partial charge in [-0.25, -0.2) is 0 Å². The minimum Gasteiger partial charge on any atom is -0.545 e. The van der Waals surface area contributed by atoms with Gasteiger partial charge in [0.15, 0.2) is 5.75 Å². The van der Waals surface area contributed by atoms with Crippen molar-refractivity contribution in [2.45, 2.75) is 31.3 Å². The lowest BCUT2D eigenvalue weighted by atomic mass is 9.91. The zero-order valence-electron chi connectivity index (χ0n) is 12.9. The van der Waals surface area contributed by atoms with E-state index in [4.69, 9.17) is 4.74 Å². The van der Waals surface area contributed by atoms with Gasteiger partial charge in [0.25, 0.3) is 0 Å². The van der Waals surface area contributed by atoms with Crippen molar-refractivity contribution in [1.82, 2.24) is 0 Å². The molecule has 0 aliphatic heterocycles. The van der Waals surface area contributed by atoms with Crippen molar-refractivity contribution >= 4 is 11.7 Å². The molecule has 0 radical (unpaired) electrons. The summed E-state index contributed by atoms with van der Waals surface area (Å²) >= 11 is 0. The van der Waals surface area contributed by atoms with Gasteiger partial charge in [0.05, 0.1) is 10.9 Å². The summed E-state index contributed by atoms with van der Waals surface area (Å²) in [5, 5.41) is 22.4. The molecule has 0 bridgehead atoms. The summed E-state index contributed by atoms with van der Waals surface area (Å²) in [6, 6.07) is 13.0. The summed E-state index contributed by atoms with van der Waals surface area (Å²) in [5.41, 5.74) is -0.119. The van der Waals surface area contributed by atoms with E-state index in [-0.39, 0.29) is 17.0 Å². The zero-order chi connectivity index (χ0) is 17.2.